The van der Waals surface area contributed by atoms with Crippen LogP contribution in [0.2, 0.25) is 0 Å². The van der Waals surface area contributed by atoms with E-state index in [1.807, 2.05) is 42.5 Å². The summed E-state index contributed by atoms with van der Waals surface area (Å²) in [5.74, 6) is -1.16. The summed E-state index contributed by atoms with van der Waals surface area (Å²) in [6, 6.07) is 13.8. The molecule has 0 bridgehead atoms. The van der Waals surface area contributed by atoms with Crippen molar-refractivity contribution in [2.75, 3.05) is 0 Å². The molecule has 4 rings (SSSR count). The number of ether oxygens (including phenoxy) is 1. The number of carboxylic acids is 1. The number of pyridine rings is 1. The predicted molar refractivity (Wildman–Crippen MR) is 98.2 cm³/mol. The van der Waals surface area contributed by atoms with Gasteiger partial charge in [-0.25, -0.2) is 4.98 Å². The highest BCUT2D eigenvalue weighted by Gasteiger charge is 2.13. The maximum Gasteiger partial charge on any atom is 0.312 e. The Morgan fingerprint density at radius 3 is 2.69 bits per heavy atom. The third-order valence-corrected chi connectivity index (χ3v) is 4.33. The van der Waals surface area contributed by atoms with Crippen LogP contribution in [-0.2, 0) is 9.59 Å². The monoisotopic (exact) mass is 348 g/mol. The van der Waals surface area contributed by atoms with Crippen LogP contribution in [0, 0.1) is 0 Å². The van der Waals surface area contributed by atoms with E-state index in [2.05, 4.69) is 9.97 Å². The van der Waals surface area contributed by atoms with Crippen LogP contribution in [0.4, 0.5) is 0 Å². The SMILES string of the molecule is O=C(O)CCCC(=O)Oc1nccc2cc3[nH]c4ccccc4c3cc12. The number of carbonyl (C=O) groups is 2. The van der Waals surface area contributed by atoms with Gasteiger partial charge in [0.25, 0.3) is 0 Å². The van der Waals surface area contributed by atoms with Gasteiger partial charge in [-0.05, 0) is 36.1 Å². The zero-order valence-corrected chi connectivity index (χ0v) is 13.9. The van der Waals surface area contributed by atoms with Crippen molar-refractivity contribution in [3.05, 3.63) is 48.7 Å². The van der Waals surface area contributed by atoms with E-state index in [0.717, 1.165) is 32.6 Å². The Morgan fingerprint density at radius 1 is 1.00 bits per heavy atom. The van der Waals surface area contributed by atoms with Gasteiger partial charge in [0.15, 0.2) is 0 Å². The maximum atomic E-state index is 12.0. The lowest BCUT2D eigenvalue weighted by atomic mass is 10.1. The van der Waals surface area contributed by atoms with Crippen molar-refractivity contribution in [3.63, 3.8) is 0 Å². The van der Waals surface area contributed by atoms with Gasteiger partial charge in [0.1, 0.15) is 0 Å². The van der Waals surface area contributed by atoms with Crippen molar-refractivity contribution in [1.29, 1.82) is 0 Å². The van der Waals surface area contributed by atoms with Crippen molar-refractivity contribution in [2.45, 2.75) is 19.3 Å². The largest absolute Gasteiger partial charge is 0.481 e. The van der Waals surface area contributed by atoms with Gasteiger partial charge in [-0.3, -0.25) is 9.59 Å². The minimum atomic E-state index is -0.928. The fraction of sp³-hybridized carbons (Fsp3) is 0.150. The molecule has 2 heterocycles. The molecule has 0 aliphatic carbocycles. The molecule has 0 amide bonds. The third-order valence-electron chi connectivity index (χ3n) is 4.33. The quantitative estimate of drug-likeness (QED) is 0.531. The summed E-state index contributed by atoms with van der Waals surface area (Å²) < 4.78 is 5.39. The lowest BCUT2D eigenvalue weighted by Gasteiger charge is -2.07. The number of aromatic nitrogens is 2. The van der Waals surface area contributed by atoms with Gasteiger partial charge < -0.3 is 14.8 Å². The van der Waals surface area contributed by atoms with Gasteiger partial charge in [0, 0.05) is 46.2 Å². The second-order valence-electron chi connectivity index (χ2n) is 6.13. The minimum absolute atomic E-state index is 0.0414. The standard InChI is InChI=1S/C20H16N2O4/c23-18(24)6-3-7-19(25)26-20-14-11-15-13-4-1-2-5-16(13)22-17(15)10-12(14)8-9-21-20/h1-2,4-5,8-11,22H,3,6-7H2,(H,23,24). The molecule has 0 saturated carbocycles. The molecular formula is C20H16N2O4. The zero-order chi connectivity index (χ0) is 18.1. The number of carbonyl (C=O) groups excluding carboxylic acids is 1. The number of nitrogens with one attached hydrogen (secondary N) is 1. The van der Waals surface area contributed by atoms with Gasteiger partial charge in [-0.1, -0.05) is 18.2 Å². The fourth-order valence-electron chi connectivity index (χ4n) is 3.12. The molecule has 0 aliphatic rings. The number of nitrogens with zero attached hydrogens (tertiary/aromatic N) is 1. The molecule has 0 spiro atoms. The van der Waals surface area contributed by atoms with E-state index in [4.69, 9.17) is 9.84 Å². The zero-order valence-electron chi connectivity index (χ0n) is 13.9. The number of para-hydroxylation sites is 1. The number of carboxylic acid groups (broad SMARTS) is 1. The Kier molecular flexibility index (Phi) is 4.01. The van der Waals surface area contributed by atoms with E-state index in [1.165, 1.54) is 0 Å². The molecule has 0 radical (unpaired) electrons. The average molecular weight is 348 g/mol. The van der Waals surface area contributed by atoms with Crippen LogP contribution < -0.4 is 4.74 Å². The lowest BCUT2D eigenvalue weighted by Crippen LogP contribution is -2.09. The van der Waals surface area contributed by atoms with Crippen LogP contribution in [0.15, 0.2) is 48.7 Å². The molecule has 2 aromatic carbocycles. The van der Waals surface area contributed by atoms with Crippen LogP contribution in [0.25, 0.3) is 32.6 Å². The van der Waals surface area contributed by atoms with Gasteiger partial charge in [-0.2, -0.15) is 0 Å². The van der Waals surface area contributed by atoms with Crippen molar-refractivity contribution < 1.29 is 19.4 Å². The summed E-state index contributed by atoms with van der Waals surface area (Å²) >= 11 is 0. The maximum absolute atomic E-state index is 12.0. The molecular weight excluding hydrogens is 332 g/mol. The second-order valence-corrected chi connectivity index (χ2v) is 6.13. The molecule has 0 saturated heterocycles. The second kappa shape index (κ2) is 6.48. The Balaban J connectivity index is 1.72. The number of rotatable bonds is 5. The molecule has 26 heavy (non-hydrogen) atoms. The lowest BCUT2D eigenvalue weighted by molar-refractivity contribution is -0.137. The van der Waals surface area contributed by atoms with E-state index in [-0.39, 0.29) is 25.1 Å². The van der Waals surface area contributed by atoms with Crippen molar-refractivity contribution in [3.8, 4) is 5.88 Å². The number of fused-ring (bicyclic) bond motifs is 4. The molecule has 0 unspecified atom stereocenters. The first-order valence-electron chi connectivity index (χ1n) is 8.33. The summed E-state index contributed by atoms with van der Waals surface area (Å²) in [4.78, 5) is 30.1. The molecule has 0 aliphatic heterocycles. The number of hydrogen-bond acceptors (Lipinski definition) is 4. The number of benzene rings is 2. The number of aliphatic carboxylic acids is 1. The van der Waals surface area contributed by atoms with Gasteiger partial charge in [0.2, 0.25) is 5.88 Å². The van der Waals surface area contributed by atoms with E-state index < -0.39 is 11.9 Å². The summed E-state index contributed by atoms with van der Waals surface area (Å²) in [5, 5.41) is 12.4. The number of hydrogen-bond donors (Lipinski definition) is 2. The molecule has 0 atom stereocenters. The van der Waals surface area contributed by atoms with Crippen molar-refractivity contribution >= 4 is 44.5 Å². The fourth-order valence-corrected chi connectivity index (χ4v) is 3.12. The molecule has 0 fully saturated rings. The predicted octanol–water partition coefficient (Wildman–Crippen LogP) is 4.03. The molecule has 6 heteroatoms. The minimum Gasteiger partial charge on any atom is -0.481 e. The first-order chi connectivity index (χ1) is 12.6. The molecule has 2 aromatic heterocycles. The number of H-pyrrole nitrogens is 1. The van der Waals surface area contributed by atoms with E-state index >= 15 is 0 Å². The molecule has 2 N–H and O–H groups in total. The number of aromatic amines is 1. The summed E-state index contributed by atoms with van der Waals surface area (Å²) in [7, 11) is 0. The van der Waals surface area contributed by atoms with Crippen molar-refractivity contribution in [1.82, 2.24) is 9.97 Å². The van der Waals surface area contributed by atoms with Crippen LogP contribution in [0.1, 0.15) is 19.3 Å². The van der Waals surface area contributed by atoms with Gasteiger partial charge in [-0.15, -0.1) is 0 Å². The molecule has 130 valence electrons. The summed E-state index contributed by atoms with van der Waals surface area (Å²) in [6.45, 7) is 0. The van der Waals surface area contributed by atoms with Crippen LogP contribution in [-0.4, -0.2) is 27.0 Å². The van der Waals surface area contributed by atoms with Gasteiger partial charge >= 0.3 is 11.9 Å². The van der Waals surface area contributed by atoms with Crippen LogP contribution in [0.3, 0.4) is 0 Å². The Labute approximate surface area is 148 Å². The first-order valence-corrected chi connectivity index (χ1v) is 8.33. The Bertz CT molecular complexity index is 1150. The highest BCUT2D eigenvalue weighted by molar-refractivity contribution is 6.12. The van der Waals surface area contributed by atoms with E-state index in [9.17, 15) is 9.59 Å². The van der Waals surface area contributed by atoms with Gasteiger partial charge in [0.05, 0.1) is 0 Å². The topological polar surface area (TPSA) is 92.3 Å². The molecule has 6 nitrogen and oxygen atoms in total. The highest BCUT2D eigenvalue weighted by Crippen LogP contribution is 2.32. The van der Waals surface area contributed by atoms with E-state index in [1.54, 1.807) is 6.20 Å². The Morgan fingerprint density at radius 2 is 1.85 bits per heavy atom. The normalized spacial score (nSPS) is 11.2. The smallest absolute Gasteiger partial charge is 0.312 e. The molecule has 4 aromatic rings. The first kappa shape index (κ1) is 16.1. The average Bonchev–Trinajstić information content (AvgIpc) is 2.97. The van der Waals surface area contributed by atoms with Crippen molar-refractivity contribution in [2.24, 2.45) is 0 Å². The Hall–Kier alpha value is -3.41. The van der Waals surface area contributed by atoms with Crippen LogP contribution >= 0.6 is 0 Å². The van der Waals surface area contributed by atoms with Crippen LogP contribution in [0.5, 0.6) is 5.88 Å². The van der Waals surface area contributed by atoms with E-state index in [0.29, 0.717) is 0 Å². The number of esters is 1. The highest BCUT2D eigenvalue weighted by atomic mass is 16.5. The summed E-state index contributed by atoms with van der Waals surface area (Å²) in [6.07, 6.45) is 1.82. The summed E-state index contributed by atoms with van der Waals surface area (Å²) in [5.41, 5.74) is 2.04. The third kappa shape index (κ3) is 2.97.